The summed E-state index contributed by atoms with van der Waals surface area (Å²) in [7, 11) is 0. The summed E-state index contributed by atoms with van der Waals surface area (Å²) < 4.78 is 0. The number of hydrogen-bond donors (Lipinski definition) is 2. The molecule has 1 fully saturated rings. The second kappa shape index (κ2) is 6.93. The molecule has 0 aromatic carbocycles. The van der Waals surface area contributed by atoms with Crippen LogP contribution in [-0.2, 0) is 0 Å². The van der Waals surface area contributed by atoms with Crippen molar-refractivity contribution in [3.8, 4) is 0 Å². The van der Waals surface area contributed by atoms with Crippen molar-refractivity contribution in [2.75, 3.05) is 11.9 Å². The van der Waals surface area contributed by atoms with Gasteiger partial charge >= 0.3 is 5.97 Å². The number of rotatable bonds is 5. The Kier molecular flexibility index (Phi) is 5.24. The van der Waals surface area contributed by atoms with Crippen LogP contribution in [0.2, 0.25) is 5.15 Å². The van der Waals surface area contributed by atoms with Crippen LogP contribution in [-0.4, -0.2) is 22.6 Å². The molecule has 1 heterocycles. The molecule has 1 aliphatic rings. The Labute approximate surface area is 124 Å². The van der Waals surface area contributed by atoms with Crippen molar-refractivity contribution in [2.45, 2.75) is 39.0 Å². The normalized spacial score (nSPS) is 22.5. The van der Waals surface area contributed by atoms with Gasteiger partial charge in [0.25, 0.3) is 0 Å². The van der Waals surface area contributed by atoms with Crippen LogP contribution in [0.15, 0.2) is 12.1 Å². The van der Waals surface area contributed by atoms with E-state index in [0.717, 1.165) is 24.8 Å². The maximum absolute atomic E-state index is 10.9. The fraction of sp³-hybridized carbons (Fsp3) is 0.600. The SMILES string of the molecule is CC1CCC(CCNc2cc(C(=O)O)cc(Cl)n2)CC1. The fourth-order valence-corrected chi connectivity index (χ4v) is 2.94. The molecular weight excluding hydrogens is 276 g/mol. The third kappa shape index (κ3) is 4.37. The maximum atomic E-state index is 10.9. The highest BCUT2D eigenvalue weighted by molar-refractivity contribution is 6.29. The van der Waals surface area contributed by atoms with E-state index >= 15 is 0 Å². The van der Waals surface area contributed by atoms with E-state index in [1.807, 2.05) is 0 Å². The van der Waals surface area contributed by atoms with Gasteiger partial charge in [0.05, 0.1) is 5.56 Å². The van der Waals surface area contributed by atoms with E-state index in [2.05, 4.69) is 17.2 Å². The number of carboxylic acid groups (broad SMARTS) is 1. The molecule has 0 amide bonds. The zero-order chi connectivity index (χ0) is 14.5. The van der Waals surface area contributed by atoms with Crippen LogP contribution >= 0.6 is 11.6 Å². The maximum Gasteiger partial charge on any atom is 0.335 e. The Bertz CT molecular complexity index is 471. The largest absolute Gasteiger partial charge is 0.478 e. The summed E-state index contributed by atoms with van der Waals surface area (Å²) in [5.41, 5.74) is 0.166. The molecule has 0 atom stereocenters. The highest BCUT2D eigenvalue weighted by atomic mass is 35.5. The summed E-state index contributed by atoms with van der Waals surface area (Å²) in [6.45, 7) is 3.13. The number of hydrogen-bond acceptors (Lipinski definition) is 3. The second-order valence-electron chi connectivity index (χ2n) is 5.71. The minimum Gasteiger partial charge on any atom is -0.478 e. The third-order valence-electron chi connectivity index (χ3n) is 4.04. The van der Waals surface area contributed by atoms with Crippen LogP contribution in [0.1, 0.15) is 49.4 Å². The number of pyridine rings is 1. The zero-order valence-corrected chi connectivity index (χ0v) is 12.5. The van der Waals surface area contributed by atoms with Crippen molar-refractivity contribution < 1.29 is 9.90 Å². The Morgan fingerprint density at radius 2 is 2.10 bits per heavy atom. The van der Waals surface area contributed by atoms with Gasteiger partial charge in [-0.3, -0.25) is 0 Å². The first-order valence-electron chi connectivity index (χ1n) is 7.19. The average Bonchev–Trinajstić information content (AvgIpc) is 2.40. The monoisotopic (exact) mass is 296 g/mol. The van der Waals surface area contributed by atoms with Crippen molar-refractivity contribution in [2.24, 2.45) is 11.8 Å². The van der Waals surface area contributed by atoms with E-state index in [-0.39, 0.29) is 10.7 Å². The predicted molar refractivity (Wildman–Crippen MR) is 80.4 cm³/mol. The number of carbonyl (C=O) groups is 1. The average molecular weight is 297 g/mol. The molecule has 1 saturated carbocycles. The Hall–Kier alpha value is -1.29. The summed E-state index contributed by atoms with van der Waals surface area (Å²) in [5, 5.41) is 12.4. The quantitative estimate of drug-likeness (QED) is 0.804. The highest BCUT2D eigenvalue weighted by Crippen LogP contribution is 2.30. The Morgan fingerprint density at radius 1 is 1.40 bits per heavy atom. The smallest absolute Gasteiger partial charge is 0.335 e. The van der Waals surface area contributed by atoms with E-state index in [4.69, 9.17) is 16.7 Å². The number of carboxylic acids is 1. The van der Waals surface area contributed by atoms with Gasteiger partial charge in [-0.05, 0) is 30.4 Å². The van der Waals surface area contributed by atoms with E-state index in [9.17, 15) is 4.79 Å². The summed E-state index contributed by atoms with van der Waals surface area (Å²) in [4.78, 5) is 15.0. The zero-order valence-electron chi connectivity index (χ0n) is 11.7. The summed E-state index contributed by atoms with van der Waals surface area (Å²) >= 11 is 5.82. The summed E-state index contributed by atoms with van der Waals surface area (Å²) in [5.74, 6) is 1.20. The number of halogens is 1. The van der Waals surface area contributed by atoms with Crippen LogP contribution in [0.5, 0.6) is 0 Å². The topological polar surface area (TPSA) is 62.2 Å². The molecule has 2 N–H and O–H groups in total. The van der Waals surface area contributed by atoms with E-state index < -0.39 is 5.97 Å². The molecule has 4 nitrogen and oxygen atoms in total. The standard InChI is InChI=1S/C15H21ClN2O2/c1-10-2-4-11(5-3-10)6-7-17-14-9-12(15(19)20)8-13(16)18-14/h8-11H,2-7H2,1H3,(H,17,18)(H,19,20). The first-order chi connectivity index (χ1) is 9.54. The van der Waals surface area contributed by atoms with Gasteiger partial charge in [-0.1, -0.05) is 44.2 Å². The van der Waals surface area contributed by atoms with Gasteiger partial charge in [0.15, 0.2) is 0 Å². The van der Waals surface area contributed by atoms with Gasteiger partial charge in [0, 0.05) is 6.54 Å². The van der Waals surface area contributed by atoms with Crippen LogP contribution in [0.4, 0.5) is 5.82 Å². The first kappa shape index (κ1) is 15.1. The van der Waals surface area contributed by atoms with Crippen LogP contribution in [0.3, 0.4) is 0 Å². The Morgan fingerprint density at radius 3 is 2.75 bits per heavy atom. The van der Waals surface area contributed by atoms with Crippen LogP contribution < -0.4 is 5.32 Å². The highest BCUT2D eigenvalue weighted by Gasteiger charge is 2.17. The molecule has 1 aromatic heterocycles. The molecule has 0 bridgehead atoms. The van der Waals surface area contributed by atoms with Crippen molar-refractivity contribution >= 4 is 23.4 Å². The lowest BCUT2D eigenvalue weighted by Crippen LogP contribution is -2.16. The summed E-state index contributed by atoms with van der Waals surface area (Å²) in [6, 6.07) is 2.88. The number of anilines is 1. The van der Waals surface area contributed by atoms with E-state index in [1.54, 1.807) is 0 Å². The number of aromatic nitrogens is 1. The minimum atomic E-state index is -0.987. The lowest BCUT2D eigenvalue weighted by atomic mass is 9.81. The minimum absolute atomic E-state index is 0.166. The lowest BCUT2D eigenvalue weighted by molar-refractivity contribution is 0.0697. The van der Waals surface area contributed by atoms with Crippen molar-refractivity contribution in [3.63, 3.8) is 0 Å². The lowest BCUT2D eigenvalue weighted by Gasteiger charge is -2.26. The van der Waals surface area contributed by atoms with Gasteiger partial charge in [-0.15, -0.1) is 0 Å². The van der Waals surface area contributed by atoms with Gasteiger partial charge in [0.2, 0.25) is 0 Å². The molecule has 0 unspecified atom stereocenters. The molecular formula is C15H21ClN2O2. The molecule has 20 heavy (non-hydrogen) atoms. The molecule has 0 radical (unpaired) electrons. The van der Waals surface area contributed by atoms with Crippen molar-refractivity contribution in [1.82, 2.24) is 4.98 Å². The third-order valence-corrected chi connectivity index (χ3v) is 4.23. The van der Waals surface area contributed by atoms with E-state index in [0.29, 0.717) is 5.82 Å². The number of nitrogens with one attached hydrogen (secondary N) is 1. The molecule has 1 aromatic rings. The number of aromatic carboxylic acids is 1. The summed E-state index contributed by atoms with van der Waals surface area (Å²) in [6.07, 6.45) is 6.34. The van der Waals surface area contributed by atoms with Gasteiger partial charge < -0.3 is 10.4 Å². The van der Waals surface area contributed by atoms with Crippen LogP contribution in [0.25, 0.3) is 0 Å². The Balaban J connectivity index is 1.83. The predicted octanol–water partition coefficient (Wildman–Crippen LogP) is 4.06. The van der Waals surface area contributed by atoms with Crippen molar-refractivity contribution in [3.05, 3.63) is 22.8 Å². The van der Waals surface area contributed by atoms with Crippen molar-refractivity contribution in [1.29, 1.82) is 0 Å². The number of nitrogens with zero attached hydrogens (tertiary/aromatic N) is 1. The van der Waals surface area contributed by atoms with Gasteiger partial charge in [-0.2, -0.15) is 0 Å². The van der Waals surface area contributed by atoms with Crippen LogP contribution in [0, 0.1) is 11.8 Å². The molecule has 1 aliphatic carbocycles. The first-order valence-corrected chi connectivity index (χ1v) is 7.57. The molecule has 0 aliphatic heterocycles. The van der Waals surface area contributed by atoms with Gasteiger partial charge in [0.1, 0.15) is 11.0 Å². The molecule has 0 spiro atoms. The molecule has 0 saturated heterocycles. The molecule has 110 valence electrons. The second-order valence-corrected chi connectivity index (χ2v) is 6.10. The van der Waals surface area contributed by atoms with Gasteiger partial charge in [-0.25, -0.2) is 9.78 Å². The van der Waals surface area contributed by atoms with E-state index in [1.165, 1.54) is 37.8 Å². The fourth-order valence-electron chi connectivity index (χ4n) is 2.73. The molecule has 5 heteroatoms. The molecule has 2 rings (SSSR count).